The quantitative estimate of drug-likeness (QED) is 0.544. The highest BCUT2D eigenvalue weighted by Crippen LogP contribution is 2.35. The van der Waals surface area contributed by atoms with Crippen LogP contribution in [0.5, 0.6) is 0 Å². The number of fused-ring (bicyclic) bond motifs is 2. The molecule has 0 radical (unpaired) electrons. The van der Waals surface area contributed by atoms with Crippen LogP contribution < -0.4 is 0 Å². The molecule has 0 unspecified atom stereocenters. The van der Waals surface area contributed by atoms with Gasteiger partial charge in [0.05, 0.1) is 50.4 Å². The maximum absolute atomic E-state index is 11.6. The molecule has 0 amide bonds. The summed E-state index contributed by atoms with van der Waals surface area (Å²) in [5.74, 6) is 1.65. The van der Waals surface area contributed by atoms with Crippen LogP contribution in [0.2, 0.25) is 0 Å². The van der Waals surface area contributed by atoms with Gasteiger partial charge in [0.1, 0.15) is 17.6 Å². The van der Waals surface area contributed by atoms with Crippen molar-refractivity contribution in [2.45, 2.75) is 50.1 Å². The van der Waals surface area contributed by atoms with E-state index in [-0.39, 0.29) is 18.2 Å². The average molecular weight is 440 g/mol. The van der Waals surface area contributed by atoms with E-state index >= 15 is 0 Å². The Labute approximate surface area is 187 Å². The smallest absolute Gasteiger partial charge is 0.176 e. The van der Waals surface area contributed by atoms with Gasteiger partial charge in [0.25, 0.3) is 0 Å². The molecule has 5 atom stereocenters. The number of ether oxygens (including phenoxy) is 2. The van der Waals surface area contributed by atoms with E-state index in [0.29, 0.717) is 19.7 Å². The molecule has 0 saturated carbocycles. The van der Waals surface area contributed by atoms with Crippen molar-refractivity contribution in [2.24, 2.45) is 0 Å². The topological polar surface area (TPSA) is 84.3 Å². The molecule has 2 fully saturated rings. The van der Waals surface area contributed by atoms with E-state index in [0.717, 1.165) is 30.2 Å². The Morgan fingerprint density at radius 3 is 2.38 bits per heavy atom. The minimum Gasteiger partial charge on any atom is -0.468 e. The Bertz CT molecular complexity index is 913. The van der Waals surface area contributed by atoms with Gasteiger partial charge < -0.3 is 23.4 Å². The maximum atomic E-state index is 11.6. The van der Waals surface area contributed by atoms with Gasteiger partial charge in [-0.25, -0.2) is 0 Å². The highest BCUT2D eigenvalue weighted by atomic mass is 16.7. The largest absolute Gasteiger partial charge is 0.468 e. The first-order chi connectivity index (χ1) is 15.7. The number of hydrogen-bond acceptors (Lipinski definition) is 8. The van der Waals surface area contributed by atoms with Crippen LogP contribution in [0.1, 0.15) is 17.2 Å². The van der Waals surface area contributed by atoms with Gasteiger partial charge in [-0.05, 0) is 43.4 Å². The standard InChI is InChI=1S/C24H29N3O5/c1-26(11-9-17-6-2-3-10-25-17)22-23(28)21(20-16-31-24(22)32-20)27(14-18-7-4-12-29-18)15-19-8-5-13-30-19/h2-8,10,12-13,20-24,28H,9,11,14-16H2,1H3/t20-,21+,22-,23-,24+/m0/s1. The second-order valence-electron chi connectivity index (χ2n) is 8.46. The van der Waals surface area contributed by atoms with E-state index in [1.54, 1.807) is 18.7 Å². The highest BCUT2D eigenvalue weighted by molar-refractivity contribution is 5.08. The zero-order chi connectivity index (χ0) is 21.9. The Hall–Kier alpha value is -2.49. The lowest BCUT2D eigenvalue weighted by Gasteiger charge is -2.46. The predicted octanol–water partition coefficient (Wildman–Crippen LogP) is 2.30. The third kappa shape index (κ3) is 4.51. The van der Waals surface area contributed by atoms with E-state index in [9.17, 15) is 5.11 Å². The molecule has 32 heavy (non-hydrogen) atoms. The van der Waals surface area contributed by atoms with Crippen LogP contribution in [-0.4, -0.2) is 70.7 Å². The van der Waals surface area contributed by atoms with Gasteiger partial charge >= 0.3 is 0 Å². The van der Waals surface area contributed by atoms with E-state index in [4.69, 9.17) is 18.3 Å². The van der Waals surface area contributed by atoms with Gasteiger partial charge in [-0.3, -0.25) is 14.8 Å². The molecular formula is C24H29N3O5. The van der Waals surface area contributed by atoms with Crippen molar-refractivity contribution < 1.29 is 23.4 Å². The molecule has 1 N–H and O–H groups in total. The Morgan fingerprint density at radius 1 is 1.00 bits per heavy atom. The molecule has 3 aromatic heterocycles. The molecular weight excluding hydrogens is 410 g/mol. The number of hydrogen-bond donors (Lipinski definition) is 1. The first kappa shape index (κ1) is 21.4. The predicted molar refractivity (Wildman–Crippen MR) is 115 cm³/mol. The number of aliphatic hydroxyl groups excluding tert-OH is 1. The highest BCUT2D eigenvalue weighted by Gasteiger charge is 2.53. The molecule has 2 aliphatic heterocycles. The molecule has 5 rings (SSSR count). The first-order valence-corrected chi connectivity index (χ1v) is 11.0. The summed E-state index contributed by atoms with van der Waals surface area (Å²) in [5, 5.41) is 11.6. The second kappa shape index (κ2) is 9.56. The van der Waals surface area contributed by atoms with Crippen LogP contribution in [-0.2, 0) is 29.0 Å². The molecule has 3 aromatic rings. The fraction of sp³-hybridized carbons (Fsp3) is 0.458. The number of nitrogens with zero attached hydrogens (tertiary/aromatic N) is 3. The van der Waals surface area contributed by atoms with Crippen molar-refractivity contribution in [1.29, 1.82) is 0 Å². The number of aliphatic hydroxyl groups is 1. The van der Waals surface area contributed by atoms with E-state index in [1.807, 2.05) is 49.5 Å². The van der Waals surface area contributed by atoms with E-state index in [1.165, 1.54) is 0 Å². The zero-order valence-corrected chi connectivity index (χ0v) is 18.1. The zero-order valence-electron chi connectivity index (χ0n) is 18.1. The number of aromatic nitrogens is 1. The molecule has 8 heteroatoms. The summed E-state index contributed by atoms with van der Waals surface area (Å²) in [6, 6.07) is 13.0. The Morgan fingerprint density at radius 2 is 1.75 bits per heavy atom. The first-order valence-electron chi connectivity index (χ1n) is 11.0. The average Bonchev–Trinajstić information content (AvgIpc) is 3.57. The molecule has 5 heterocycles. The fourth-order valence-electron chi connectivity index (χ4n) is 4.76. The molecule has 170 valence electrons. The summed E-state index contributed by atoms with van der Waals surface area (Å²) in [6.45, 7) is 2.24. The van der Waals surface area contributed by atoms with Gasteiger partial charge in [-0.2, -0.15) is 0 Å². The summed E-state index contributed by atoms with van der Waals surface area (Å²) in [6.07, 6.45) is 4.57. The van der Waals surface area contributed by atoms with Crippen molar-refractivity contribution >= 4 is 0 Å². The molecule has 0 aromatic carbocycles. The lowest BCUT2D eigenvalue weighted by atomic mass is 9.93. The van der Waals surface area contributed by atoms with Crippen molar-refractivity contribution in [1.82, 2.24) is 14.8 Å². The molecule has 2 aliphatic rings. The van der Waals surface area contributed by atoms with Gasteiger partial charge in [0.2, 0.25) is 0 Å². The van der Waals surface area contributed by atoms with Gasteiger partial charge in [-0.1, -0.05) is 6.07 Å². The summed E-state index contributed by atoms with van der Waals surface area (Å²) in [7, 11) is 2.00. The summed E-state index contributed by atoms with van der Waals surface area (Å²) < 4.78 is 23.4. The molecule has 2 saturated heterocycles. The maximum Gasteiger partial charge on any atom is 0.176 e. The lowest BCUT2D eigenvalue weighted by Crippen LogP contribution is -2.64. The van der Waals surface area contributed by atoms with Crippen molar-refractivity contribution in [3.8, 4) is 0 Å². The lowest BCUT2D eigenvalue weighted by molar-refractivity contribution is -0.197. The molecule has 0 aliphatic carbocycles. The molecule has 0 spiro atoms. The Balaban J connectivity index is 1.35. The summed E-state index contributed by atoms with van der Waals surface area (Å²) in [4.78, 5) is 8.69. The van der Waals surface area contributed by atoms with Crippen molar-refractivity contribution in [3.63, 3.8) is 0 Å². The van der Waals surface area contributed by atoms with E-state index in [2.05, 4.69) is 14.8 Å². The summed E-state index contributed by atoms with van der Waals surface area (Å²) >= 11 is 0. The number of furan rings is 2. The van der Waals surface area contributed by atoms with Crippen LogP contribution in [0.3, 0.4) is 0 Å². The van der Waals surface area contributed by atoms with Crippen LogP contribution in [0.15, 0.2) is 70.0 Å². The minimum absolute atomic E-state index is 0.222. The third-order valence-corrected chi connectivity index (χ3v) is 6.35. The second-order valence-corrected chi connectivity index (χ2v) is 8.46. The summed E-state index contributed by atoms with van der Waals surface area (Å²) in [5.41, 5.74) is 1.02. The Kier molecular flexibility index (Phi) is 6.38. The third-order valence-electron chi connectivity index (χ3n) is 6.35. The van der Waals surface area contributed by atoms with Crippen LogP contribution >= 0.6 is 0 Å². The van der Waals surface area contributed by atoms with Crippen LogP contribution in [0.25, 0.3) is 0 Å². The normalized spacial score (nSPS) is 27.4. The van der Waals surface area contributed by atoms with Crippen molar-refractivity contribution in [2.75, 3.05) is 20.2 Å². The monoisotopic (exact) mass is 439 g/mol. The number of likely N-dealkylation sites (N-methyl/N-ethyl adjacent to an activating group) is 1. The van der Waals surface area contributed by atoms with Crippen molar-refractivity contribution in [3.05, 3.63) is 78.4 Å². The fourth-order valence-corrected chi connectivity index (χ4v) is 4.76. The van der Waals surface area contributed by atoms with Crippen LogP contribution in [0, 0.1) is 0 Å². The van der Waals surface area contributed by atoms with Gasteiger partial charge in [0, 0.05) is 24.9 Å². The van der Waals surface area contributed by atoms with Gasteiger partial charge in [-0.15, -0.1) is 0 Å². The molecule has 8 nitrogen and oxygen atoms in total. The SMILES string of the molecule is CN(CCc1ccccn1)[C@@H]1[C@@H]2OC[C@H](O2)[C@@H](N(Cc2ccco2)Cc2ccco2)[C@@H]1O. The number of pyridine rings is 1. The van der Waals surface area contributed by atoms with Crippen LogP contribution in [0.4, 0.5) is 0 Å². The number of rotatable bonds is 9. The van der Waals surface area contributed by atoms with Gasteiger partial charge in [0.15, 0.2) is 6.29 Å². The van der Waals surface area contributed by atoms with E-state index < -0.39 is 12.4 Å². The molecule has 2 bridgehead atoms. The minimum atomic E-state index is -0.667.